The third-order valence-corrected chi connectivity index (χ3v) is 8.15. The molecule has 0 aliphatic heterocycles. The average Bonchev–Trinajstić information content (AvgIpc) is 2.76. The van der Waals surface area contributed by atoms with Gasteiger partial charge in [0, 0.05) is 0 Å². The molecule has 2 aromatic heterocycles. The number of pyridine rings is 1. The number of rotatable bonds is 3. The Kier molecular flexibility index (Phi) is 4.37. The second kappa shape index (κ2) is 6.07. The molecule has 3 rings (SSSR count). The van der Waals surface area contributed by atoms with Crippen molar-refractivity contribution < 1.29 is 0 Å². The van der Waals surface area contributed by atoms with Crippen molar-refractivity contribution in [3.05, 3.63) is 50.8 Å². The van der Waals surface area contributed by atoms with Crippen LogP contribution in [-0.2, 0) is 0 Å². The Hall–Kier alpha value is -0.530. The van der Waals surface area contributed by atoms with Gasteiger partial charge in [0.1, 0.15) is 0 Å². The predicted octanol–water partition coefficient (Wildman–Crippen LogP) is 5.41. The maximum atomic E-state index is 4.35. The summed E-state index contributed by atoms with van der Waals surface area (Å²) < 4.78 is 2.53. The van der Waals surface area contributed by atoms with E-state index in [1.807, 2.05) is 12.3 Å². The minimum atomic E-state index is -0.870. The SMILES string of the molecule is CI(C)c1ccc(Sc2c(Br)[nH]c3ncccc23)cc1. The number of H-pyrrole nitrogens is 1. The predicted molar refractivity (Wildman–Crippen MR) is 98.9 cm³/mol. The van der Waals surface area contributed by atoms with E-state index in [-0.39, 0.29) is 0 Å². The molecule has 2 nitrogen and oxygen atoms in total. The molecule has 0 amide bonds. The van der Waals surface area contributed by atoms with Crippen molar-refractivity contribution in [3.8, 4) is 0 Å². The number of fused-ring (bicyclic) bond motifs is 1. The first-order valence-corrected chi connectivity index (χ1v) is 13.1. The quantitative estimate of drug-likeness (QED) is 0.418. The molecule has 0 saturated heterocycles. The summed E-state index contributed by atoms with van der Waals surface area (Å²) in [6.07, 6.45) is 1.81. The van der Waals surface area contributed by atoms with Gasteiger partial charge >= 0.3 is 139 Å². The van der Waals surface area contributed by atoms with Crippen LogP contribution in [0.5, 0.6) is 0 Å². The van der Waals surface area contributed by atoms with Crippen LogP contribution >= 0.6 is 47.5 Å². The first-order chi connectivity index (χ1) is 9.65. The van der Waals surface area contributed by atoms with Gasteiger partial charge in [0.2, 0.25) is 0 Å². The Morgan fingerprint density at radius 3 is 2.60 bits per heavy atom. The van der Waals surface area contributed by atoms with Gasteiger partial charge in [-0.15, -0.1) is 0 Å². The van der Waals surface area contributed by atoms with Crippen molar-refractivity contribution in [3.63, 3.8) is 0 Å². The van der Waals surface area contributed by atoms with Crippen LogP contribution in [0.1, 0.15) is 0 Å². The number of nitrogens with one attached hydrogen (secondary N) is 1. The monoisotopic (exact) mass is 460 g/mol. The number of alkyl halides is 2. The van der Waals surface area contributed by atoms with Crippen LogP contribution in [0.15, 0.2) is 57.0 Å². The number of benzene rings is 1. The van der Waals surface area contributed by atoms with Crippen LogP contribution in [0.25, 0.3) is 11.0 Å². The summed E-state index contributed by atoms with van der Waals surface area (Å²) in [6, 6.07) is 13.1. The molecule has 0 bridgehead atoms. The van der Waals surface area contributed by atoms with Gasteiger partial charge in [-0.1, -0.05) is 0 Å². The zero-order chi connectivity index (χ0) is 14.1. The van der Waals surface area contributed by atoms with Crippen molar-refractivity contribution in [1.29, 1.82) is 0 Å². The van der Waals surface area contributed by atoms with Crippen molar-refractivity contribution >= 4 is 58.5 Å². The summed E-state index contributed by atoms with van der Waals surface area (Å²) in [6.45, 7) is 0. The van der Waals surface area contributed by atoms with E-state index in [2.05, 4.69) is 66.1 Å². The van der Waals surface area contributed by atoms with Gasteiger partial charge in [-0.25, -0.2) is 0 Å². The molecular formula is C15H14BrIN2S. The molecule has 104 valence electrons. The molecule has 0 aliphatic rings. The molecule has 5 heteroatoms. The fraction of sp³-hybridized carbons (Fsp3) is 0.133. The van der Waals surface area contributed by atoms with E-state index < -0.39 is 19.8 Å². The number of hydrogen-bond donors (Lipinski definition) is 1. The van der Waals surface area contributed by atoms with Gasteiger partial charge in [0.15, 0.2) is 0 Å². The van der Waals surface area contributed by atoms with E-state index in [0.29, 0.717) is 0 Å². The van der Waals surface area contributed by atoms with Crippen molar-refractivity contribution in [2.75, 3.05) is 9.86 Å². The van der Waals surface area contributed by atoms with Crippen LogP contribution < -0.4 is 0 Å². The van der Waals surface area contributed by atoms with E-state index in [4.69, 9.17) is 0 Å². The fourth-order valence-electron chi connectivity index (χ4n) is 1.94. The Morgan fingerprint density at radius 1 is 1.15 bits per heavy atom. The third-order valence-electron chi connectivity index (χ3n) is 2.95. The van der Waals surface area contributed by atoms with Gasteiger partial charge in [0.25, 0.3) is 0 Å². The zero-order valence-electron chi connectivity index (χ0n) is 11.2. The summed E-state index contributed by atoms with van der Waals surface area (Å²) >= 11 is 4.50. The standard InChI is InChI=1S/C15H14BrIN2S/c1-17(2)10-5-7-11(8-6-10)20-13-12-4-3-9-18-15(12)19-14(13)16/h3-9H,1-2H3,(H,18,19). The second-order valence-corrected chi connectivity index (χ2v) is 11.9. The van der Waals surface area contributed by atoms with E-state index in [0.717, 1.165) is 15.6 Å². The van der Waals surface area contributed by atoms with Gasteiger partial charge in [-0.3, -0.25) is 0 Å². The molecule has 3 aromatic rings. The van der Waals surface area contributed by atoms with Crippen LogP contribution in [0.2, 0.25) is 0 Å². The van der Waals surface area contributed by atoms with Gasteiger partial charge in [-0.2, -0.15) is 0 Å². The molecule has 1 N–H and O–H groups in total. The summed E-state index contributed by atoms with van der Waals surface area (Å²) in [5.41, 5.74) is 0.925. The molecule has 2 heterocycles. The Bertz CT molecular complexity index is 737. The molecular weight excluding hydrogens is 447 g/mol. The zero-order valence-corrected chi connectivity index (χ0v) is 15.7. The van der Waals surface area contributed by atoms with Crippen molar-refractivity contribution in [1.82, 2.24) is 9.97 Å². The molecule has 0 atom stereocenters. The van der Waals surface area contributed by atoms with Crippen molar-refractivity contribution in [2.24, 2.45) is 0 Å². The third kappa shape index (κ3) is 2.89. The van der Waals surface area contributed by atoms with Crippen LogP contribution in [0, 0.1) is 3.57 Å². The van der Waals surface area contributed by atoms with Crippen LogP contribution in [-0.4, -0.2) is 19.8 Å². The number of aromatic nitrogens is 2. The molecule has 20 heavy (non-hydrogen) atoms. The molecule has 0 unspecified atom stereocenters. The molecule has 0 aliphatic carbocycles. The van der Waals surface area contributed by atoms with Gasteiger partial charge < -0.3 is 0 Å². The number of aromatic amines is 1. The maximum absolute atomic E-state index is 4.35. The number of hydrogen-bond acceptors (Lipinski definition) is 2. The fourth-order valence-corrected chi connectivity index (χ4v) is 5.30. The summed E-state index contributed by atoms with van der Waals surface area (Å²) in [5, 5.41) is 1.16. The van der Waals surface area contributed by atoms with Crippen LogP contribution in [0.3, 0.4) is 0 Å². The Morgan fingerprint density at radius 2 is 1.90 bits per heavy atom. The van der Waals surface area contributed by atoms with Gasteiger partial charge in [0.05, 0.1) is 0 Å². The molecule has 0 radical (unpaired) electrons. The first-order valence-electron chi connectivity index (χ1n) is 6.05. The summed E-state index contributed by atoms with van der Waals surface area (Å²) in [7, 11) is 0. The van der Waals surface area contributed by atoms with Gasteiger partial charge in [-0.05, 0) is 0 Å². The summed E-state index contributed by atoms with van der Waals surface area (Å²) in [4.78, 5) is 14.8. The normalized spacial score (nSPS) is 11.8. The molecule has 0 spiro atoms. The number of nitrogens with zero attached hydrogens (tertiary/aromatic N) is 1. The number of halogens is 2. The minimum absolute atomic E-state index is 0.870. The van der Waals surface area contributed by atoms with Crippen molar-refractivity contribution in [2.45, 2.75) is 9.79 Å². The Balaban J connectivity index is 1.94. The molecule has 0 saturated carbocycles. The Labute approximate surface area is 138 Å². The van der Waals surface area contributed by atoms with E-state index >= 15 is 0 Å². The molecule has 1 aromatic carbocycles. The first kappa shape index (κ1) is 14.4. The van der Waals surface area contributed by atoms with E-state index in [1.165, 1.54) is 13.4 Å². The second-order valence-electron chi connectivity index (χ2n) is 4.48. The average molecular weight is 461 g/mol. The summed E-state index contributed by atoms with van der Waals surface area (Å²) in [5.74, 6) is 0. The molecule has 0 fully saturated rings. The van der Waals surface area contributed by atoms with E-state index in [1.54, 1.807) is 11.8 Å². The van der Waals surface area contributed by atoms with Crippen LogP contribution in [0.4, 0.5) is 0 Å². The van der Waals surface area contributed by atoms with E-state index in [9.17, 15) is 0 Å². The topological polar surface area (TPSA) is 28.7 Å².